The Hall–Kier alpha value is -3.10. The first-order chi connectivity index (χ1) is 16.3. The molecule has 2 atom stereocenters. The van der Waals surface area contributed by atoms with Gasteiger partial charge in [-0.15, -0.1) is 0 Å². The van der Waals surface area contributed by atoms with Gasteiger partial charge in [-0.1, -0.05) is 49.1 Å². The van der Waals surface area contributed by atoms with E-state index in [-0.39, 0.29) is 12.5 Å². The van der Waals surface area contributed by atoms with Gasteiger partial charge in [0.1, 0.15) is 17.7 Å². The van der Waals surface area contributed by atoms with E-state index in [0.717, 1.165) is 30.4 Å². The van der Waals surface area contributed by atoms with Gasteiger partial charge in [0.2, 0.25) is 17.7 Å². The minimum absolute atomic E-state index is 0.171. The molecule has 0 fully saturated rings. The molecule has 35 heavy (non-hydrogen) atoms. The maximum Gasteiger partial charge on any atom is 0.408 e. The number of nitrogens with two attached hydrogens (primary N) is 1. The fraction of sp³-hybridized carbons (Fsp3) is 0.615. The van der Waals surface area contributed by atoms with Crippen molar-refractivity contribution in [2.24, 2.45) is 5.73 Å². The summed E-state index contributed by atoms with van der Waals surface area (Å²) in [7, 11) is 0. The first kappa shape index (κ1) is 29.9. The van der Waals surface area contributed by atoms with E-state index in [2.05, 4.69) is 17.6 Å². The van der Waals surface area contributed by atoms with Crippen molar-refractivity contribution in [1.82, 2.24) is 15.5 Å². The van der Waals surface area contributed by atoms with Crippen LogP contribution in [0.5, 0.6) is 0 Å². The van der Waals surface area contributed by atoms with Gasteiger partial charge < -0.3 is 26.0 Å². The van der Waals surface area contributed by atoms with Crippen molar-refractivity contribution in [3.63, 3.8) is 0 Å². The van der Waals surface area contributed by atoms with Gasteiger partial charge in [0.25, 0.3) is 0 Å². The van der Waals surface area contributed by atoms with E-state index < -0.39 is 42.0 Å². The number of hydrogen-bond donors (Lipinski definition) is 3. The molecule has 0 saturated carbocycles. The van der Waals surface area contributed by atoms with E-state index in [9.17, 15) is 19.2 Å². The highest BCUT2D eigenvalue weighted by Gasteiger charge is 2.36. The van der Waals surface area contributed by atoms with E-state index in [4.69, 9.17) is 10.5 Å². The van der Waals surface area contributed by atoms with Gasteiger partial charge >= 0.3 is 6.09 Å². The Kier molecular flexibility index (Phi) is 11.7. The molecule has 196 valence electrons. The van der Waals surface area contributed by atoms with Crippen molar-refractivity contribution < 1.29 is 23.9 Å². The van der Waals surface area contributed by atoms with E-state index in [1.165, 1.54) is 4.90 Å². The van der Waals surface area contributed by atoms with Crippen molar-refractivity contribution in [1.29, 1.82) is 0 Å². The maximum absolute atomic E-state index is 13.6. The Labute approximate surface area is 209 Å². The van der Waals surface area contributed by atoms with Crippen LogP contribution >= 0.6 is 0 Å². The highest BCUT2D eigenvalue weighted by atomic mass is 16.6. The molecule has 0 aliphatic carbocycles. The van der Waals surface area contributed by atoms with Crippen LogP contribution in [0.1, 0.15) is 83.0 Å². The number of primary amides is 1. The number of aryl methyl sites for hydroxylation is 2. The molecule has 1 aromatic rings. The number of hydrogen-bond acceptors (Lipinski definition) is 5. The van der Waals surface area contributed by atoms with Gasteiger partial charge in [0.15, 0.2) is 0 Å². The molecule has 1 aromatic carbocycles. The first-order valence-corrected chi connectivity index (χ1v) is 12.2. The van der Waals surface area contributed by atoms with E-state index >= 15 is 0 Å². The summed E-state index contributed by atoms with van der Waals surface area (Å²) in [4.78, 5) is 52.5. The second-order valence-corrected chi connectivity index (χ2v) is 9.82. The fourth-order valence-electron chi connectivity index (χ4n) is 3.84. The predicted octanol–water partition coefficient (Wildman–Crippen LogP) is 3.27. The van der Waals surface area contributed by atoms with Crippen LogP contribution in [0, 0.1) is 13.8 Å². The van der Waals surface area contributed by atoms with E-state index in [1.807, 2.05) is 32.0 Å². The molecule has 9 nitrogen and oxygen atoms in total. The average Bonchev–Trinajstić information content (AvgIpc) is 2.71. The third-order valence-corrected chi connectivity index (χ3v) is 5.22. The molecule has 0 aliphatic rings. The molecule has 0 heterocycles. The van der Waals surface area contributed by atoms with E-state index in [0.29, 0.717) is 12.1 Å². The summed E-state index contributed by atoms with van der Waals surface area (Å²) in [5.41, 5.74) is 7.14. The fourth-order valence-corrected chi connectivity index (χ4v) is 3.84. The number of carbonyl (C=O) groups excluding carboxylic acids is 4. The van der Waals surface area contributed by atoms with Crippen LogP contribution in [-0.2, 0) is 19.1 Å². The van der Waals surface area contributed by atoms with Crippen LogP contribution in [0.15, 0.2) is 18.2 Å². The lowest BCUT2D eigenvalue weighted by atomic mass is 9.98. The SMILES string of the molecule is CCCCCNC(=O)C(c1cc(C)cc(C)c1)N(CC)C(=O)C(CC(N)=O)NC(=O)OC(C)(C)C. The summed E-state index contributed by atoms with van der Waals surface area (Å²) in [6, 6.07) is 3.50. The Balaban J connectivity index is 3.35. The number of nitrogens with one attached hydrogen (secondary N) is 2. The third-order valence-electron chi connectivity index (χ3n) is 5.22. The molecule has 4 N–H and O–H groups in total. The van der Waals surface area contributed by atoms with Crippen molar-refractivity contribution in [2.75, 3.05) is 13.1 Å². The summed E-state index contributed by atoms with van der Waals surface area (Å²) >= 11 is 0. The topological polar surface area (TPSA) is 131 Å². The average molecular weight is 491 g/mol. The number of benzene rings is 1. The normalized spacial score (nSPS) is 12.9. The highest BCUT2D eigenvalue weighted by Crippen LogP contribution is 2.25. The van der Waals surface area contributed by atoms with Gasteiger partial charge in [-0.05, 0) is 53.5 Å². The standard InChI is InChI=1S/C26H42N4O5/c1-8-10-11-12-28-23(32)22(19-14-17(3)13-18(4)15-19)30(9-2)24(33)20(16-21(27)31)29-25(34)35-26(5,6)7/h13-15,20,22H,8-12,16H2,1-7H3,(H2,27,31)(H,28,32)(H,29,34). The van der Waals surface area contributed by atoms with Gasteiger partial charge in [-0.25, -0.2) is 4.79 Å². The van der Waals surface area contributed by atoms with Gasteiger partial charge in [-0.2, -0.15) is 0 Å². The minimum Gasteiger partial charge on any atom is -0.444 e. The zero-order valence-corrected chi connectivity index (χ0v) is 22.2. The predicted molar refractivity (Wildman–Crippen MR) is 136 cm³/mol. The van der Waals surface area contributed by atoms with E-state index in [1.54, 1.807) is 27.7 Å². The number of rotatable bonds is 12. The zero-order chi connectivity index (χ0) is 26.8. The van der Waals surface area contributed by atoms with Crippen molar-refractivity contribution >= 4 is 23.8 Å². The lowest BCUT2D eigenvalue weighted by Crippen LogP contribution is -2.54. The smallest absolute Gasteiger partial charge is 0.408 e. The number of ether oxygens (including phenoxy) is 1. The summed E-state index contributed by atoms with van der Waals surface area (Å²) in [5.74, 6) is -1.68. The molecule has 4 amide bonds. The molecule has 2 unspecified atom stereocenters. The molecule has 0 radical (unpaired) electrons. The number of amides is 4. The van der Waals surface area contributed by atoms with Crippen LogP contribution in [-0.4, -0.2) is 53.4 Å². The van der Waals surface area contributed by atoms with Crippen LogP contribution in [0.4, 0.5) is 4.79 Å². The van der Waals surface area contributed by atoms with Crippen molar-refractivity contribution in [3.05, 3.63) is 34.9 Å². The molecular formula is C26H42N4O5. The van der Waals surface area contributed by atoms with Crippen LogP contribution in [0.3, 0.4) is 0 Å². The number of nitrogens with zero attached hydrogens (tertiary/aromatic N) is 1. The molecular weight excluding hydrogens is 448 g/mol. The number of unbranched alkanes of at least 4 members (excludes halogenated alkanes) is 2. The molecule has 0 aliphatic heterocycles. The second-order valence-electron chi connectivity index (χ2n) is 9.82. The molecule has 1 rings (SSSR count). The zero-order valence-electron chi connectivity index (χ0n) is 22.2. The molecule has 0 aromatic heterocycles. The summed E-state index contributed by atoms with van der Waals surface area (Å²) in [6.45, 7) is 13.4. The van der Waals surface area contributed by atoms with Crippen molar-refractivity contribution in [3.8, 4) is 0 Å². The third kappa shape index (κ3) is 10.4. The van der Waals surface area contributed by atoms with Gasteiger partial charge in [-0.3, -0.25) is 14.4 Å². The molecule has 0 saturated heterocycles. The highest BCUT2D eigenvalue weighted by molar-refractivity contribution is 5.94. The van der Waals surface area contributed by atoms with Crippen molar-refractivity contribution in [2.45, 2.75) is 91.8 Å². The summed E-state index contributed by atoms with van der Waals surface area (Å²) < 4.78 is 5.26. The molecule has 9 heteroatoms. The van der Waals surface area contributed by atoms with Crippen LogP contribution in [0.25, 0.3) is 0 Å². The lowest BCUT2D eigenvalue weighted by Gasteiger charge is -2.33. The quantitative estimate of drug-likeness (QED) is 0.387. The van der Waals surface area contributed by atoms with Crippen LogP contribution < -0.4 is 16.4 Å². The Bertz CT molecular complexity index is 874. The van der Waals surface area contributed by atoms with Gasteiger partial charge in [0, 0.05) is 13.1 Å². The second kappa shape index (κ2) is 13.7. The number of alkyl carbamates (subject to hydrolysis) is 1. The van der Waals surface area contributed by atoms with Crippen LogP contribution in [0.2, 0.25) is 0 Å². The Morgan fingerprint density at radius 2 is 1.63 bits per heavy atom. The maximum atomic E-state index is 13.6. The molecule has 0 bridgehead atoms. The minimum atomic E-state index is -1.27. The Morgan fingerprint density at radius 1 is 1.03 bits per heavy atom. The first-order valence-electron chi connectivity index (χ1n) is 12.2. The molecule has 0 spiro atoms. The number of carbonyl (C=O) groups is 4. The Morgan fingerprint density at radius 3 is 2.11 bits per heavy atom. The lowest BCUT2D eigenvalue weighted by molar-refractivity contribution is -0.143. The largest absolute Gasteiger partial charge is 0.444 e. The van der Waals surface area contributed by atoms with Gasteiger partial charge in [0.05, 0.1) is 6.42 Å². The number of likely N-dealkylation sites (N-methyl/N-ethyl adjacent to an activating group) is 1. The summed E-state index contributed by atoms with van der Waals surface area (Å²) in [5, 5.41) is 5.40. The monoisotopic (exact) mass is 490 g/mol. The summed E-state index contributed by atoms with van der Waals surface area (Å²) in [6.07, 6.45) is 1.55.